The molecule has 0 spiro atoms. The second kappa shape index (κ2) is 4.26. The molecule has 1 nitrogen and oxygen atoms in total. The minimum atomic E-state index is 0.331. The zero-order chi connectivity index (χ0) is 10.9. The Labute approximate surface area is 101 Å². The number of benzene rings is 1. The van der Waals surface area contributed by atoms with Gasteiger partial charge in [0.25, 0.3) is 0 Å². The Kier molecular flexibility index (Phi) is 3.17. The molecule has 0 amide bonds. The van der Waals surface area contributed by atoms with Gasteiger partial charge in [0.1, 0.15) is 5.75 Å². The lowest BCUT2D eigenvalue weighted by Gasteiger charge is -2.15. The first-order chi connectivity index (χ1) is 7.15. The number of rotatable bonds is 4. The van der Waals surface area contributed by atoms with E-state index in [1.54, 1.807) is 0 Å². The molecule has 1 aromatic carbocycles. The van der Waals surface area contributed by atoms with Gasteiger partial charge in [0.05, 0.1) is 6.61 Å². The fraction of sp³-hybridized carbons (Fsp3) is 0.500. The quantitative estimate of drug-likeness (QED) is 0.792. The summed E-state index contributed by atoms with van der Waals surface area (Å²) in [6, 6.07) is 5.75. The number of hydrogen-bond acceptors (Lipinski definition) is 2. The second-order valence-electron chi connectivity index (χ2n) is 4.36. The lowest BCUT2D eigenvalue weighted by molar-refractivity contribution is 0.249. The van der Waals surface area contributed by atoms with Crippen LogP contribution in [0.15, 0.2) is 18.2 Å². The normalized spacial score (nSPS) is 17.5. The predicted octanol–water partition coefficient (Wildman–Crippen LogP) is 3.74. The summed E-state index contributed by atoms with van der Waals surface area (Å²) in [6.07, 6.45) is 2.46. The maximum absolute atomic E-state index is 5.92. The summed E-state index contributed by atoms with van der Waals surface area (Å²) in [4.78, 5) is 0. The topological polar surface area (TPSA) is 9.23 Å². The summed E-state index contributed by atoms with van der Waals surface area (Å²) < 4.78 is 5.80. The standard InChI is InChI=1S/C12H15ClOS/c1-9-2-3-10(13)6-11(9)14-7-12(8-15)4-5-12/h2-3,6,15H,4-5,7-8H2,1H3. The number of hydrogen-bond donors (Lipinski definition) is 1. The van der Waals surface area contributed by atoms with Gasteiger partial charge in [-0.1, -0.05) is 17.7 Å². The van der Waals surface area contributed by atoms with Crippen molar-refractivity contribution in [2.45, 2.75) is 19.8 Å². The molecular weight excluding hydrogens is 228 g/mol. The molecule has 82 valence electrons. The zero-order valence-electron chi connectivity index (χ0n) is 8.79. The number of halogens is 1. The molecule has 0 radical (unpaired) electrons. The highest BCUT2D eigenvalue weighted by Gasteiger charge is 2.42. The van der Waals surface area contributed by atoms with Crippen LogP contribution in [0.5, 0.6) is 5.75 Å². The van der Waals surface area contributed by atoms with Gasteiger partial charge in [0.2, 0.25) is 0 Å². The number of ether oxygens (including phenoxy) is 1. The van der Waals surface area contributed by atoms with Crippen molar-refractivity contribution in [3.05, 3.63) is 28.8 Å². The molecule has 0 unspecified atom stereocenters. The Bertz CT molecular complexity index is 361. The van der Waals surface area contributed by atoms with E-state index in [2.05, 4.69) is 12.6 Å². The van der Waals surface area contributed by atoms with Crippen LogP contribution < -0.4 is 4.74 Å². The van der Waals surface area contributed by atoms with Gasteiger partial charge >= 0.3 is 0 Å². The van der Waals surface area contributed by atoms with Crippen LogP contribution in [0.1, 0.15) is 18.4 Å². The van der Waals surface area contributed by atoms with Crippen LogP contribution in [-0.4, -0.2) is 12.4 Å². The van der Waals surface area contributed by atoms with E-state index in [-0.39, 0.29) is 0 Å². The maximum Gasteiger partial charge on any atom is 0.123 e. The van der Waals surface area contributed by atoms with Gasteiger partial charge in [-0.3, -0.25) is 0 Å². The van der Waals surface area contributed by atoms with Crippen LogP contribution in [0.3, 0.4) is 0 Å². The Balaban J connectivity index is 2.01. The monoisotopic (exact) mass is 242 g/mol. The summed E-state index contributed by atoms with van der Waals surface area (Å²) >= 11 is 10.3. The minimum absolute atomic E-state index is 0.331. The molecule has 0 atom stereocenters. The molecule has 1 saturated carbocycles. The molecule has 2 rings (SSSR count). The summed E-state index contributed by atoms with van der Waals surface area (Å²) in [5, 5.41) is 0.728. The smallest absolute Gasteiger partial charge is 0.123 e. The van der Waals surface area contributed by atoms with E-state index >= 15 is 0 Å². The molecule has 3 heteroatoms. The zero-order valence-corrected chi connectivity index (χ0v) is 10.4. The molecular formula is C12H15ClOS. The Hall–Kier alpha value is -0.340. The van der Waals surface area contributed by atoms with Crippen molar-refractivity contribution in [1.29, 1.82) is 0 Å². The summed E-state index contributed by atoms with van der Waals surface area (Å²) in [5.41, 5.74) is 1.46. The van der Waals surface area contributed by atoms with E-state index < -0.39 is 0 Å². The molecule has 15 heavy (non-hydrogen) atoms. The van der Waals surface area contributed by atoms with Crippen molar-refractivity contribution < 1.29 is 4.74 Å². The van der Waals surface area contributed by atoms with E-state index in [0.717, 1.165) is 28.7 Å². The molecule has 1 aliphatic carbocycles. The van der Waals surface area contributed by atoms with E-state index in [0.29, 0.717) is 5.41 Å². The third-order valence-electron chi connectivity index (χ3n) is 2.98. The van der Waals surface area contributed by atoms with Crippen molar-refractivity contribution >= 4 is 24.2 Å². The molecule has 0 N–H and O–H groups in total. The van der Waals surface area contributed by atoms with E-state index in [1.165, 1.54) is 12.8 Å². The Morgan fingerprint density at radius 2 is 2.20 bits per heavy atom. The first-order valence-corrected chi connectivity index (χ1v) is 6.16. The molecule has 1 fully saturated rings. The lowest BCUT2D eigenvalue weighted by atomic mass is 10.1. The first-order valence-electron chi connectivity index (χ1n) is 5.15. The van der Waals surface area contributed by atoms with Crippen molar-refractivity contribution in [1.82, 2.24) is 0 Å². The maximum atomic E-state index is 5.92. The molecule has 0 aromatic heterocycles. The molecule has 1 aliphatic rings. The predicted molar refractivity (Wildman–Crippen MR) is 67.2 cm³/mol. The Morgan fingerprint density at radius 1 is 1.47 bits per heavy atom. The fourth-order valence-corrected chi connectivity index (χ4v) is 2.05. The summed E-state index contributed by atoms with van der Waals surface area (Å²) in [7, 11) is 0. The van der Waals surface area contributed by atoms with Gasteiger partial charge in [-0.05, 0) is 43.2 Å². The van der Waals surface area contributed by atoms with Crippen LogP contribution in [0.25, 0.3) is 0 Å². The summed E-state index contributed by atoms with van der Waals surface area (Å²) in [6.45, 7) is 2.80. The Morgan fingerprint density at radius 3 is 2.80 bits per heavy atom. The van der Waals surface area contributed by atoms with Crippen LogP contribution in [0, 0.1) is 12.3 Å². The highest BCUT2D eigenvalue weighted by atomic mass is 35.5. The van der Waals surface area contributed by atoms with Gasteiger partial charge in [0.15, 0.2) is 0 Å². The largest absolute Gasteiger partial charge is 0.493 e. The van der Waals surface area contributed by atoms with E-state index in [4.69, 9.17) is 16.3 Å². The van der Waals surface area contributed by atoms with Gasteiger partial charge in [-0.25, -0.2) is 0 Å². The first kappa shape index (κ1) is 11.2. The van der Waals surface area contributed by atoms with Crippen LogP contribution in [0.2, 0.25) is 5.02 Å². The van der Waals surface area contributed by atoms with Crippen molar-refractivity contribution in [2.24, 2.45) is 5.41 Å². The van der Waals surface area contributed by atoms with Crippen LogP contribution >= 0.6 is 24.2 Å². The molecule has 1 aromatic rings. The average Bonchev–Trinajstić information content (AvgIpc) is 3.00. The van der Waals surface area contributed by atoms with Crippen molar-refractivity contribution in [3.63, 3.8) is 0 Å². The molecule has 0 bridgehead atoms. The SMILES string of the molecule is Cc1ccc(Cl)cc1OCC1(CS)CC1. The fourth-order valence-electron chi connectivity index (χ4n) is 1.49. The average molecular weight is 243 g/mol. The third kappa shape index (κ3) is 2.61. The highest BCUT2D eigenvalue weighted by molar-refractivity contribution is 7.80. The number of thiol groups is 1. The molecule has 0 saturated heterocycles. The molecule has 0 heterocycles. The van der Waals surface area contributed by atoms with Gasteiger partial charge in [-0.15, -0.1) is 0 Å². The van der Waals surface area contributed by atoms with Crippen molar-refractivity contribution in [3.8, 4) is 5.75 Å². The van der Waals surface area contributed by atoms with Crippen LogP contribution in [-0.2, 0) is 0 Å². The minimum Gasteiger partial charge on any atom is -0.493 e. The highest BCUT2D eigenvalue weighted by Crippen LogP contribution is 2.46. The van der Waals surface area contributed by atoms with E-state index in [1.807, 2.05) is 25.1 Å². The summed E-state index contributed by atoms with van der Waals surface area (Å²) in [5.74, 6) is 1.81. The van der Waals surface area contributed by atoms with Gasteiger partial charge < -0.3 is 4.74 Å². The van der Waals surface area contributed by atoms with E-state index in [9.17, 15) is 0 Å². The van der Waals surface area contributed by atoms with Crippen molar-refractivity contribution in [2.75, 3.05) is 12.4 Å². The number of aryl methyl sites for hydroxylation is 1. The lowest BCUT2D eigenvalue weighted by Crippen LogP contribution is -2.14. The van der Waals surface area contributed by atoms with Crippen LogP contribution in [0.4, 0.5) is 0 Å². The van der Waals surface area contributed by atoms with Gasteiger partial charge in [-0.2, -0.15) is 12.6 Å². The van der Waals surface area contributed by atoms with Gasteiger partial charge in [0, 0.05) is 10.4 Å². The third-order valence-corrected chi connectivity index (χ3v) is 3.88. The second-order valence-corrected chi connectivity index (χ2v) is 5.11. The molecule has 0 aliphatic heterocycles.